The van der Waals surface area contributed by atoms with Crippen molar-refractivity contribution in [1.82, 2.24) is 31.1 Å². The number of nitrogens with zero attached hydrogens (tertiary/aromatic N) is 3. The van der Waals surface area contributed by atoms with Gasteiger partial charge in [0.05, 0.1) is 50.4 Å². The van der Waals surface area contributed by atoms with Crippen LogP contribution >= 0.6 is 11.8 Å². The van der Waals surface area contributed by atoms with Crippen molar-refractivity contribution >= 4 is 23.7 Å². The number of aliphatic imine (C=N–C) groups is 1. The fraction of sp³-hybridized carbons (Fsp3) is 0.840. The van der Waals surface area contributed by atoms with Gasteiger partial charge in [-0.05, 0) is 115 Å². The Bertz CT molecular complexity index is 1680. The molecular formula is C50H86FN7O5S. The van der Waals surface area contributed by atoms with E-state index in [4.69, 9.17) is 19.2 Å². The van der Waals surface area contributed by atoms with Crippen molar-refractivity contribution < 1.29 is 28.5 Å². The number of fused-ring (bicyclic) bond motifs is 3. The molecular weight excluding hydrogens is 830 g/mol. The highest BCUT2D eigenvalue weighted by Gasteiger charge is 2.55. The number of carbonyl (C=O) groups is 1. The molecule has 3 fully saturated rings. The molecule has 1 amide bonds. The minimum absolute atomic E-state index is 0.00376. The van der Waals surface area contributed by atoms with Crippen LogP contribution in [0.3, 0.4) is 0 Å². The van der Waals surface area contributed by atoms with Crippen molar-refractivity contribution in [3.05, 3.63) is 34.5 Å². The lowest BCUT2D eigenvalue weighted by Crippen LogP contribution is -2.59. The van der Waals surface area contributed by atoms with Gasteiger partial charge in [-0.25, -0.2) is 9.18 Å². The number of carbonyl (C=O) groups excluding carboxylic acids is 1. The molecule has 5 aliphatic heterocycles. The molecule has 3 saturated heterocycles. The summed E-state index contributed by atoms with van der Waals surface area (Å²) < 4.78 is 34.7. The van der Waals surface area contributed by atoms with Gasteiger partial charge in [-0.1, -0.05) is 72.6 Å². The van der Waals surface area contributed by atoms with Gasteiger partial charge < -0.3 is 35.3 Å². The molecule has 1 aliphatic carbocycles. The summed E-state index contributed by atoms with van der Waals surface area (Å²) in [7, 11) is 7.37. The van der Waals surface area contributed by atoms with Crippen molar-refractivity contribution in [3.8, 4) is 0 Å². The van der Waals surface area contributed by atoms with Crippen LogP contribution in [0.25, 0.3) is 0 Å². The van der Waals surface area contributed by atoms with Crippen molar-refractivity contribution in [1.29, 1.82) is 0 Å². The summed E-state index contributed by atoms with van der Waals surface area (Å²) in [6.07, 6.45) is 15.9. The first-order valence-electron chi connectivity index (χ1n) is 24.9. The summed E-state index contributed by atoms with van der Waals surface area (Å²) in [6.45, 7) is 19.6. The number of alkyl carbamates (subject to hydrolysis) is 1. The molecule has 0 saturated carbocycles. The van der Waals surface area contributed by atoms with Gasteiger partial charge in [-0.3, -0.25) is 20.1 Å². The third-order valence-corrected chi connectivity index (χ3v) is 17.9. The zero-order valence-corrected chi connectivity index (χ0v) is 42.1. The molecule has 64 heavy (non-hydrogen) atoms. The predicted octanol–water partition coefficient (Wildman–Crippen LogP) is 7.61. The standard InChI is InChI=1S/C50H86FN7O5S/c1-12-32(35(28-52-8)50(7,13-2)23-15-24-53-46(59)44(31(3)4)56-48(60)62-11)17-18-34-19-20-38-43-36(51)26-33(37-29-54-45(55-37)39-16-14-25-57(39)9)27-40(43)63-47(58(34)38)41-21-22-42(64-41)49(5,6)30-61-10/h17,21,26,31,33-35,37-40,42-44,46-47,52-53,59H,12-16,18-20,22-25,27-30H2,1-11H3,(H,54,55)(H,56,60)/b32-17+/t33-,34+,35?,37-,38?,39+,40?,42?,43-,44+,46-,47?,50+/m1/s1. The summed E-state index contributed by atoms with van der Waals surface area (Å²) >= 11 is 1.96. The fourth-order valence-corrected chi connectivity index (χ4v) is 13.5. The van der Waals surface area contributed by atoms with E-state index in [0.29, 0.717) is 36.9 Å². The molecule has 0 aromatic heterocycles. The highest BCUT2D eigenvalue weighted by Crippen LogP contribution is 2.53. The summed E-state index contributed by atoms with van der Waals surface area (Å²) in [5.74, 6) is 1.22. The van der Waals surface area contributed by atoms with Gasteiger partial charge in [0.15, 0.2) is 0 Å². The van der Waals surface area contributed by atoms with Gasteiger partial charge in [0.1, 0.15) is 24.1 Å². The molecule has 364 valence electrons. The number of likely N-dealkylation sites (N-methyl/N-ethyl adjacent to an activating group) is 1. The van der Waals surface area contributed by atoms with E-state index in [1.165, 1.54) is 24.0 Å². The quantitative estimate of drug-likeness (QED) is 0.0418. The Morgan fingerprint density at radius 3 is 2.64 bits per heavy atom. The number of amides is 1. The maximum atomic E-state index is 16.9. The van der Waals surface area contributed by atoms with Crippen LogP contribution in [-0.2, 0) is 14.2 Å². The number of thioether (sulfide) groups is 1. The van der Waals surface area contributed by atoms with Crippen LogP contribution in [0.1, 0.15) is 119 Å². The van der Waals surface area contributed by atoms with Crippen LogP contribution in [0.5, 0.6) is 0 Å². The van der Waals surface area contributed by atoms with Crippen LogP contribution in [0, 0.1) is 34.5 Å². The lowest BCUT2D eigenvalue weighted by atomic mass is 9.67. The Kier molecular flexibility index (Phi) is 18.3. The Balaban J connectivity index is 1.18. The number of hydrogen-bond donors (Lipinski definition) is 5. The third kappa shape index (κ3) is 11.6. The van der Waals surface area contributed by atoms with Crippen LogP contribution in [0.4, 0.5) is 9.18 Å². The molecule has 0 aromatic carbocycles. The maximum absolute atomic E-state index is 16.9. The van der Waals surface area contributed by atoms with E-state index in [2.05, 4.69) is 91.9 Å². The number of allylic oxidation sites excluding steroid dienone is 1. The number of aliphatic hydroxyl groups excluding tert-OH is 1. The van der Waals surface area contributed by atoms with Gasteiger partial charge >= 0.3 is 6.09 Å². The predicted molar refractivity (Wildman–Crippen MR) is 259 cm³/mol. The highest BCUT2D eigenvalue weighted by atomic mass is 32.2. The molecule has 6 aliphatic rings. The minimum Gasteiger partial charge on any atom is -0.453 e. The Morgan fingerprint density at radius 1 is 1.20 bits per heavy atom. The molecule has 5 unspecified atom stereocenters. The molecule has 5 heterocycles. The second-order valence-corrected chi connectivity index (χ2v) is 22.4. The second-order valence-electron chi connectivity index (χ2n) is 21.1. The number of hydrogen-bond acceptors (Lipinski definition) is 12. The van der Waals surface area contributed by atoms with Crippen molar-refractivity contribution in [2.45, 2.75) is 173 Å². The summed E-state index contributed by atoms with van der Waals surface area (Å²) in [5.41, 5.74) is 1.50. The molecule has 0 bridgehead atoms. The lowest BCUT2D eigenvalue weighted by Gasteiger charge is -2.51. The monoisotopic (exact) mass is 916 g/mol. The molecule has 13 atom stereocenters. The van der Waals surface area contributed by atoms with Gasteiger partial charge in [-0.15, -0.1) is 11.8 Å². The zero-order valence-electron chi connectivity index (χ0n) is 41.3. The summed E-state index contributed by atoms with van der Waals surface area (Å²) in [6, 6.07) is 0.306. The topological polar surface area (TPSA) is 132 Å². The van der Waals surface area contributed by atoms with E-state index in [0.717, 1.165) is 83.1 Å². The number of ether oxygens (including phenoxy) is 3. The number of halogens is 1. The summed E-state index contributed by atoms with van der Waals surface area (Å²) in [4.78, 5) is 23.2. The van der Waals surface area contributed by atoms with Crippen molar-refractivity contribution in [2.24, 2.45) is 39.5 Å². The van der Waals surface area contributed by atoms with Gasteiger partial charge in [0.25, 0.3) is 0 Å². The number of likely N-dealkylation sites (tertiary alicyclic amines) is 1. The van der Waals surface area contributed by atoms with Gasteiger partial charge in [0.2, 0.25) is 0 Å². The van der Waals surface area contributed by atoms with E-state index < -0.39 is 18.4 Å². The molecule has 0 aromatic rings. The van der Waals surface area contributed by atoms with Crippen LogP contribution in [0.2, 0.25) is 0 Å². The first-order chi connectivity index (χ1) is 30.6. The number of amidine groups is 1. The Labute approximate surface area is 390 Å². The molecule has 0 spiro atoms. The van der Waals surface area contributed by atoms with Crippen LogP contribution in [-0.4, -0.2) is 142 Å². The minimum atomic E-state index is -0.879. The Hall–Kier alpha value is -2.04. The van der Waals surface area contributed by atoms with E-state index >= 15 is 4.39 Å². The first kappa shape index (κ1) is 51.4. The zero-order chi connectivity index (χ0) is 46.3. The fourth-order valence-electron chi connectivity index (χ4n) is 12.1. The van der Waals surface area contributed by atoms with Crippen LogP contribution in [0.15, 0.2) is 39.5 Å². The van der Waals surface area contributed by atoms with Crippen molar-refractivity contribution in [2.75, 3.05) is 61.1 Å². The highest BCUT2D eigenvalue weighted by molar-refractivity contribution is 8.04. The van der Waals surface area contributed by atoms with Crippen LogP contribution < -0.4 is 21.3 Å². The number of nitrogens with one attached hydrogen (secondary N) is 4. The average Bonchev–Trinajstić information content (AvgIpc) is 4.11. The molecule has 6 rings (SSSR count). The van der Waals surface area contributed by atoms with Gasteiger partial charge in [0, 0.05) is 47.2 Å². The number of rotatable bonds is 22. The SMILES string of the molecule is CC/C(=C\C[C@H]1CCC2[C@H]3C(F)=C[C@@H]([C@H]4CN=C([C@@H]5CCCN5C)N4)CC3OC(C3=CCC(C(C)(C)COC)S3)N21)C(CNC)[C@@](C)(CC)CCCN[C@H](O)[C@@H](NC(=O)OC)C(C)C. The number of methoxy groups -OCH3 is 2. The molecule has 5 N–H and O–H groups in total. The molecule has 12 nitrogen and oxygen atoms in total. The second kappa shape index (κ2) is 22.8. The van der Waals surface area contributed by atoms with Gasteiger partial charge in [-0.2, -0.15) is 0 Å². The molecule has 14 heteroatoms. The summed E-state index contributed by atoms with van der Waals surface area (Å²) in [5, 5.41) is 24.7. The van der Waals surface area contributed by atoms with E-state index in [1.54, 1.807) is 7.11 Å². The average molecular weight is 916 g/mol. The largest absolute Gasteiger partial charge is 0.453 e. The Morgan fingerprint density at radius 2 is 1.98 bits per heavy atom. The van der Waals surface area contributed by atoms with Crippen molar-refractivity contribution in [3.63, 3.8) is 0 Å². The van der Waals surface area contributed by atoms with E-state index in [9.17, 15) is 9.90 Å². The number of aliphatic hydroxyl groups is 1. The smallest absolute Gasteiger partial charge is 0.407 e. The maximum Gasteiger partial charge on any atom is 0.407 e. The lowest BCUT2D eigenvalue weighted by molar-refractivity contribution is -0.175. The van der Waals surface area contributed by atoms with E-state index in [-0.39, 0.29) is 64.9 Å². The third-order valence-electron chi connectivity index (χ3n) is 16.1. The molecule has 0 radical (unpaired) electrons. The first-order valence-corrected chi connectivity index (χ1v) is 25.7. The normalized spacial score (nSPS) is 32.6. The van der Waals surface area contributed by atoms with E-state index in [1.807, 2.05) is 31.7 Å².